The predicted octanol–water partition coefficient (Wildman–Crippen LogP) is 7.25. The Morgan fingerprint density at radius 1 is 0.774 bits per heavy atom. The van der Waals surface area contributed by atoms with E-state index in [9.17, 15) is 4.79 Å². The molecule has 0 rings (SSSR count). The summed E-state index contributed by atoms with van der Waals surface area (Å²) in [5.74, 6) is -0.449. The second-order valence-electron chi connectivity index (χ2n) is 6.92. The summed E-state index contributed by atoms with van der Waals surface area (Å²) in [7, 11) is -2.52. The van der Waals surface area contributed by atoms with E-state index in [-0.39, 0.29) is 11.8 Å². The third-order valence-electron chi connectivity index (χ3n) is 4.10. The maximum Gasteiger partial charge on any atom is 0.333 e. The van der Waals surface area contributed by atoms with E-state index in [4.69, 9.17) is 27.4 Å². The highest BCUT2D eigenvalue weighted by Crippen LogP contribution is 2.53. The normalized spacial score (nSPS) is 12.5. The molecule has 0 amide bonds. The summed E-state index contributed by atoms with van der Waals surface area (Å²) in [4.78, 5) is 11.3. The highest BCUT2D eigenvalue weighted by molar-refractivity contribution is 7.49. The molecular weight excluding hydrogens is 438 g/mol. The minimum Gasteiger partial charge on any atom is -0.462 e. The lowest BCUT2D eigenvalue weighted by molar-refractivity contribution is -0.139. The van der Waals surface area contributed by atoms with Crippen molar-refractivity contribution in [2.24, 2.45) is 0 Å². The fraction of sp³-hybridized carbons (Fsp3) is 0.864. The molecule has 184 valence electrons. The molecule has 1 atom stereocenters. The zero-order valence-electron chi connectivity index (χ0n) is 20.2. The lowest BCUT2D eigenvalue weighted by atomic mass is 10.1. The van der Waals surface area contributed by atoms with Crippen LogP contribution in [-0.4, -0.2) is 44.8 Å². The fourth-order valence-corrected chi connectivity index (χ4v) is 5.43. The van der Waals surface area contributed by atoms with Crippen LogP contribution in [0.2, 0.25) is 0 Å². The van der Waals surface area contributed by atoms with Crippen LogP contribution < -0.4 is 0 Å². The molecule has 0 spiro atoms. The third-order valence-corrected chi connectivity index (χ3v) is 7.49. The van der Waals surface area contributed by atoms with Crippen molar-refractivity contribution < 1.29 is 32.2 Å². The van der Waals surface area contributed by atoms with E-state index in [2.05, 4.69) is 6.58 Å². The summed E-state index contributed by atoms with van der Waals surface area (Å²) < 4.78 is 34.2. The van der Waals surface area contributed by atoms with Crippen LogP contribution in [0.15, 0.2) is 12.2 Å². The monoisotopic (exact) mass is 482 g/mol. The van der Waals surface area contributed by atoms with Crippen LogP contribution in [0.1, 0.15) is 86.0 Å². The number of ether oxygens (including phenoxy) is 1. The molecule has 0 aliphatic heterocycles. The maximum absolute atomic E-state index is 11.3. The van der Waals surface area contributed by atoms with E-state index in [1.54, 1.807) is 6.92 Å². The minimum absolute atomic E-state index is 0.151. The lowest BCUT2D eigenvalue weighted by Gasteiger charge is -2.28. The highest BCUT2D eigenvalue weighted by Gasteiger charge is 2.29. The Morgan fingerprint density at radius 3 is 1.74 bits per heavy atom. The van der Waals surface area contributed by atoms with E-state index in [1.807, 2.05) is 27.7 Å². The Bertz CT molecular complexity index is 440. The number of carbonyl (C=O) groups excluding carboxylic acids is 1. The molecule has 9 heteroatoms. The van der Waals surface area contributed by atoms with Crippen LogP contribution >= 0.6 is 17.0 Å². The first kappa shape index (κ1) is 30.9. The smallest absolute Gasteiger partial charge is 0.333 e. The second-order valence-corrected chi connectivity index (χ2v) is 9.76. The Hall–Kier alpha value is -0.130. The quantitative estimate of drug-likeness (QED) is 0.0696. The van der Waals surface area contributed by atoms with Crippen LogP contribution in [0, 0.1) is 0 Å². The van der Waals surface area contributed by atoms with E-state index in [0.717, 1.165) is 38.5 Å². The Labute approximate surface area is 192 Å². The summed E-state index contributed by atoms with van der Waals surface area (Å²) >= 11 is 0. The molecule has 0 saturated carbocycles. The number of unbranched alkanes of at least 4 members (excludes halogenated alkanes) is 6. The molecule has 0 N–H and O–H groups in total. The van der Waals surface area contributed by atoms with Gasteiger partial charge in [-0.05, 0) is 47.5 Å². The topological polar surface area (TPSA) is 72.5 Å². The first-order valence-corrected chi connectivity index (χ1v) is 13.9. The van der Waals surface area contributed by atoms with Gasteiger partial charge >= 0.3 is 14.6 Å². The molecule has 0 saturated heterocycles. The first-order valence-electron chi connectivity index (χ1n) is 11.6. The van der Waals surface area contributed by atoms with Crippen LogP contribution in [0.3, 0.4) is 0 Å². The SMILES string of the molecule is C=C(C)C(=O)OCCCCCCCCCC(OP(OCC)OCC)P(OCC)OCC. The van der Waals surface area contributed by atoms with Gasteiger partial charge in [0, 0.05) is 5.57 Å². The average Bonchev–Trinajstić information content (AvgIpc) is 2.74. The van der Waals surface area contributed by atoms with Crippen molar-refractivity contribution in [1.82, 2.24) is 0 Å². The van der Waals surface area contributed by atoms with Gasteiger partial charge in [-0.3, -0.25) is 4.52 Å². The van der Waals surface area contributed by atoms with Gasteiger partial charge in [-0.15, -0.1) is 0 Å². The van der Waals surface area contributed by atoms with Crippen molar-refractivity contribution in [2.45, 2.75) is 91.8 Å². The number of esters is 1. The molecule has 0 fully saturated rings. The molecule has 31 heavy (non-hydrogen) atoms. The van der Waals surface area contributed by atoms with E-state index in [1.165, 1.54) is 12.8 Å². The molecule has 0 radical (unpaired) electrons. The standard InChI is InChI=1S/C22H44O7P2/c1-7-25-30(26-8-2)21(29-31(27-9-3)28-10-4)18-16-14-12-11-13-15-17-19-24-22(23)20(5)6/h21H,5,7-19H2,1-4,6H3. The molecule has 0 bridgehead atoms. The molecular formula is C22H44O7P2. The van der Waals surface area contributed by atoms with Gasteiger partial charge in [0.25, 0.3) is 0 Å². The van der Waals surface area contributed by atoms with Crippen molar-refractivity contribution in [3.63, 3.8) is 0 Å². The molecule has 0 aromatic rings. The van der Waals surface area contributed by atoms with E-state index in [0.29, 0.717) is 38.6 Å². The molecule has 0 aliphatic carbocycles. The number of rotatable bonds is 22. The zero-order valence-corrected chi connectivity index (χ0v) is 22.0. The first-order chi connectivity index (χ1) is 15.0. The van der Waals surface area contributed by atoms with Gasteiger partial charge in [0.05, 0.1) is 33.0 Å². The van der Waals surface area contributed by atoms with Crippen LogP contribution in [-0.2, 0) is 32.2 Å². The molecule has 0 heterocycles. The molecule has 7 nitrogen and oxygen atoms in total. The van der Waals surface area contributed by atoms with Gasteiger partial charge in [0.2, 0.25) is 8.38 Å². The maximum atomic E-state index is 11.3. The van der Waals surface area contributed by atoms with Crippen molar-refractivity contribution in [3.8, 4) is 0 Å². The Kier molecular flexibility index (Phi) is 21.6. The van der Waals surface area contributed by atoms with Gasteiger partial charge in [-0.25, -0.2) is 4.79 Å². The van der Waals surface area contributed by atoms with Crippen molar-refractivity contribution in [1.29, 1.82) is 0 Å². The van der Waals surface area contributed by atoms with Gasteiger partial charge < -0.3 is 22.8 Å². The summed E-state index contributed by atoms with van der Waals surface area (Å²) in [6.45, 7) is 15.8. The minimum atomic E-state index is -1.38. The van der Waals surface area contributed by atoms with Crippen LogP contribution in [0.25, 0.3) is 0 Å². The second kappa shape index (κ2) is 21.7. The van der Waals surface area contributed by atoms with Gasteiger partial charge in [0.1, 0.15) is 5.85 Å². The molecule has 0 aliphatic rings. The number of hydrogen-bond donors (Lipinski definition) is 0. The summed E-state index contributed by atoms with van der Waals surface area (Å²) in [5.41, 5.74) is 0.453. The Balaban J connectivity index is 4.22. The van der Waals surface area contributed by atoms with E-state index < -0.39 is 17.0 Å². The van der Waals surface area contributed by atoms with Gasteiger partial charge in [-0.2, -0.15) is 0 Å². The summed E-state index contributed by atoms with van der Waals surface area (Å²) in [5, 5.41) is 0. The van der Waals surface area contributed by atoms with Crippen LogP contribution in [0.4, 0.5) is 0 Å². The molecule has 0 aromatic carbocycles. The molecule has 0 aromatic heterocycles. The van der Waals surface area contributed by atoms with Crippen molar-refractivity contribution in [2.75, 3.05) is 33.0 Å². The number of carbonyl (C=O) groups is 1. The highest BCUT2D eigenvalue weighted by atomic mass is 31.2. The average molecular weight is 483 g/mol. The third kappa shape index (κ3) is 17.1. The van der Waals surface area contributed by atoms with Crippen molar-refractivity contribution in [3.05, 3.63) is 12.2 Å². The molecule has 1 unspecified atom stereocenters. The fourth-order valence-electron chi connectivity index (χ4n) is 2.66. The van der Waals surface area contributed by atoms with E-state index >= 15 is 0 Å². The van der Waals surface area contributed by atoms with Gasteiger partial charge in [-0.1, -0.05) is 45.1 Å². The predicted molar refractivity (Wildman–Crippen MR) is 128 cm³/mol. The van der Waals surface area contributed by atoms with Crippen LogP contribution in [0.5, 0.6) is 0 Å². The van der Waals surface area contributed by atoms with Gasteiger partial charge in [0.15, 0.2) is 0 Å². The number of hydrogen-bond acceptors (Lipinski definition) is 7. The largest absolute Gasteiger partial charge is 0.462 e. The zero-order chi connectivity index (χ0) is 23.3. The lowest BCUT2D eigenvalue weighted by Crippen LogP contribution is -2.13. The Morgan fingerprint density at radius 2 is 1.26 bits per heavy atom. The van der Waals surface area contributed by atoms with Crippen molar-refractivity contribution >= 4 is 22.9 Å². The summed E-state index contributed by atoms with van der Waals surface area (Å²) in [6.07, 6.45) is 8.51. The summed E-state index contributed by atoms with van der Waals surface area (Å²) in [6, 6.07) is 0.